The van der Waals surface area contributed by atoms with E-state index in [0.717, 1.165) is 12.1 Å². The van der Waals surface area contributed by atoms with Crippen LogP contribution in [0.4, 0.5) is 32.0 Å². The number of halogens is 7. The predicted octanol–water partition coefficient (Wildman–Crippen LogP) is 5.70. The molecule has 0 aliphatic heterocycles. The molecule has 1 amide bonds. The van der Waals surface area contributed by atoms with Crippen molar-refractivity contribution in [2.45, 2.75) is 12.5 Å². The lowest BCUT2D eigenvalue weighted by molar-refractivity contribution is -0.274. The summed E-state index contributed by atoms with van der Waals surface area (Å²) in [6.07, 6.45) is -9.39. The maximum Gasteiger partial charge on any atom is 0.573 e. The maximum atomic E-state index is 13.7. The Labute approximate surface area is 169 Å². The van der Waals surface area contributed by atoms with Gasteiger partial charge in [-0.15, -0.1) is 13.2 Å². The molecule has 0 spiro atoms. The van der Waals surface area contributed by atoms with Gasteiger partial charge in [-0.05, 0) is 36.4 Å². The summed E-state index contributed by atoms with van der Waals surface area (Å²) in [5, 5.41) is 5.88. The SMILES string of the molecule is O=C(Nc1ccccc1OC(F)(F)F)c1cnn(-c2ccc(Cl)cc2)c1C(F)(F)F. The van der Waals surface area contributed by atoms with Gasteiger partial charge in [0.25, 0.3) is 5.91 Å². The zero-order valence-corrected chi connectivity index (χ0v) is 15.3. The van der Waals surface area contributed by atoms with Crippen LogP contribution in [0.1, 0.15) is 16.1 Å². The summed E-state index contributed by atoms with van der Waals surface area (Å²) in [6, 6.07) is 9.64. The number of hydrogen-bond donors (Lipinski definition) is 1. The van der Waals surface area contributed by atoms with Crippen molar-refractivity contribution >= 4 is 23.2 Å². The van der Waals surface area contributed by atoms with Crippen molar-refractivity contribution < 1.29 is 35.9 Å². The number of benzene rings is 2. The number of carbonyl (C=O) groups excluding carboxylic acids is 1. The summed E-state index contributed by atoms with van der Waals surface area (Å²) in [4.78, 5) is 12.5. The molecule has 0 radical (unpaired) electrons. The minimum absolute atomic E-state index is 0.0217. The quantitative estimate of drug-likeness (QED) is 0.520. The third-order valence-corrected chi connectivity index (χ3v) is 3.97. The van der Waals surface area contributed by atoms with Gasteiger partial charge in [0, 0.05) is 5.02 Å². The first-order chi connectivity index (χ1) is 14.0. The van der Waals surface area contributed by atoms with E-state index in [0.29, 0.717) is 10.9 Å². The zero-order chi connectivity index (χ0) is 22.1. The van der Waals surface area contributed by atoms with Gasteiger partial charge in [-0.1, -0.05) is 23.7 Å². The molecule has 3 rings (SSSR count). The highest BCUT2D eigenvalue weighted by Gasteiger charge is 2.41. The average Bonchev–Trinajstić information content (AvgIpc) is 3.08. The standard InChI is InChI=1S/C18H10ClF6N3O2/c19-10-5-7-11(8-6-10)28-15(17(20,21)22)12(9-26-28)16(29)27-13-3-1-2-4-14(13)30-18(23,24)25/h1-9H,(H,27,29). The van der Waals surface area contributed by atoms with Crippen molar-refractivity contribution in [1.82, 2.24) is 9.78 Å². The molecule has 0 bridgehead atoms. The van der Waals surface area contributed by atoms with Crippen LogP contribution in [0, 0.1) is 0 Å². The maximum absolute atomic E-state index is 13.7. The van der Waals surface area contributed by atoms with E-state index in [4.69, 9.17) is 11.6 Å². The van der Waals surface area contributed by atoms with Gasteiger partial charge in [-0.2, -0.15) is 18.3 Å². The Morgan fingerprint density at radius 3 is 2.23 bits per heavy atom. The van der Waals surface area contributed by atoms with Crippen molar-refractivity contribution in [1.29, 1.82) is 0 Å². The van der Waals surface area contributed by atoms with Gasteiger partial charge in [0.05, 0.1) is 23.1 Å². The Bertz CT molecular complexity index is 1060. The summed E-state index contributed by atoms with van der Waals surface area (Å²) >= 11 is 5.73. The fourth-order valence-electron chi connectivity index (χ4n) is 2.54. The number of rotatable bonds is 4. The Balaban J connectivity index is 1.99. The number of aromatic nitrogens is 2. The minimum Gasteiger partial charge on any atom is -0.404 e. The second kappa shape index (κ2) is 7.90. The van der Waals surface area contributed by atoms with E-state index in [-0.39, 0.29) is 10.7 Å². The first-order valence-electron chi connectivity index (χ1n) is 8.03. The van der Waals surface area contributed by atoms with Gasteiger partial charge in [0.2, 0.25) is 0 Å². The van der Waals surface area contributed by atoms with Gasteiger partial charge in [0.15, 0.2) is 11.4 Å². The molecular formula is C18H10ClF6N3O2. The van der Waals surface area contributed by atoms with E-state index in [1.807, 2.05) is 5.32 Å². The van der Waals surface area contributed by atoms with Crippen LogP contribution < -0.4 is 10.1 Å². The highest BCUT2D eigenvalue weighted by atomic mass is 35.5. The van der Waals surface area contributed by atoms with Gasteiger partial charge in [-0.3, -0.25) is 4.79 Å². The molecule has 2 aromatic carbocycles. The lowest BCUT2D eigenvalue weighted by Gasteiger charge is -2.15. The fourth-order valence-corrected chi connectivity index (χ4v) is 2.66. The summed E-state index contributed by atoms with van der Waals surface area (Å²) < 4.78 is 82.8. The minimum atomic E-state index is -5.06. The number of alkyl halides is 6. The van der Waals surface area contributed by atoms with E-state index in [1.54, 1.807) is 0 Å². The molecule has 12 heteroatoms. The van der Waals surface area contributed by atoms with E-state index in [9.17, 15) is 31.1 Å². The van der Waals surface area contributed by atoms with E-state index < -0.39 is 41.1 Å². The predicted molar refractivity (Wildman–Crippen MR) is 94.7 cm³/mol. The highest BCUT2D eigenvalue weighted by Crippen LogP contribution is 2.35. The fraction of sp³-hybridized carbons (Fsp3) is 0.111. The number of carbonyl (C=O) groups is 1. The molecule has 30 heavy (non-hydrogen) atoms. The number of amides is 1. The summed E-state index contributed by atoms with van der Waals surface area (Å²) in [5.74, 6) is -2.10. The number of nitrogens with zero attached hydrogens (tertiary/aromatic N) is 2. The molecule has 0 saturated heterocycles. The lowest BCUT2D eigenvalue weighted by Crippen LogP contribution is -2.22. The molecule has 0 saturated carbocycles. The van der Waals surface area contributed by atoms with Crippen molar-refractivity contribution in [3.8, 4) is 11.4 Å². The average molecular weight is 450 g/mol. The molecule has 1 heterocycles. The number of nitrogens with one attached hydrogen (secondary N) is 1. The highest BCUT2D eigenvalue weighted by molar-refractivity contribution is 6.30. The van der Waals surface area contributed by atoms with Crippen LogP contribution in [0.2, 0.25) is 5.02 Å². The van der Waals surface area contributed by atoms with Crippen molar-refractivity contribution in [2.24, 2.45) is 0 Å². The van der Waals surface area contributed by atoms with Gasteiger partial charge in [0.1, 0.15) is 0 Å². The molecule has 0 unspecified atom stereocenters. The van der Waals surface area contributed by atoms with Crippen LogP contribution in [0.25, 0.3) is 5.69 Å². The summed E-state index contributed by atoms with van der Waals surface area (Å²) in [6.45, 7) is 0. The van der Waals surface area contributed by atoms with Crippen LogP contribution in [0.15, 0.2) is 54.7 Å². The third kappa shape index (κ3) is 4.85. The van der Waals surface area contributed by atoms with E-state index in [1.165, 1.54) is 36.4 Å². The van der Waals surface area contributed by atoms with Crippen molar-refractivity contribution in [3.05, 3.63) is 71.0 Å². The van der Waals surface area contributed by atoms with Crippen LogP contribution in [0.5, 0.6) is 5.75 Å². The molecule has 0 aliphatic carbocycles. The number of hydrogen-bond acceptors (Lipinski definition) is 3. The molecular weight excluding hydrogens is 440 g/mol. The van der Waals surface area contributed by atoms with Gasteiger partial charge in [-0.25, -0.2) is 4.68 Å². The normalized spacial score (nSPS) is 12.0. The van der Waals surface area contributed by atoms with Crippen LogP contribution in [-0.4, -0.2) is 22.1 Å². The molecule has 1 N–H and O–H groups in total. The Hall–Kier alpha value is -3.21. The van der Waals surface area contributed by atoms with Crippen LogP contribution in [0.3, 0.4) is 0 Å². The Morgan fingerprint density at radius 1 is 1.00 bits per heavy atom. The Kier molecular flexibility index (Phi) is 5.66. The van der Waals surface area contributed by atoms with Crippen LogP contribution in [-0.2, 0) is 6.18 Å². The van der Waals surface area contributed by atoms with Gasteiger partial charge < -0.3 is 10.1 Å². The van der Waals surface area contributed by atoms with Crippen LogP contribution >= 0.6 is 11.6 Å². The largest absolute Gasteiger partial charge is 0.573 e. The summed E-state index contributed by atoms with van der Waals surface area (Å²) in [5.41, 5.74) is -2.78. The van der Waals surface area contributed by atoms with E-state index >= 15 is 0 Å². The zero-order valence-electron chi connectivity index (χ0n) is 14.6. The summed E-state index contributed by atoms with van der Waals surface area (Å²) in [7, 11) is 0. The molecule has 5 nitrogen and oxygen atoms in total. The molecule has 0 aliphatic rings. The molecule has 0 fully saturated rings. The van der Waals surface area contributed by atoms with E-state index in [2.05, 4.69) is 9.84 Å². The lowest BCUT2D eigenvalue weighted by atomic mass is 10.2. The number of para-hydroxylation sites is 2. The topological polar surface area (TPSA) is 56.1 Å². The van der Waals surface area contributed by atoms with Crippen molar-refractivity contribution in [2.75, 3.05) is 5.32 Å². The first-order valence-corrected chi connectivity index (χ1v) is 8.41. The third-order valence-electron chi connectivity index (χ3n) is 3.71. The molecule has 0 atom stereocenters. The monoisotopic (exact) mass is 449 g/mol. The molecule has 3 aromatic rings. The number of anilines is 1. The number of ether oxygens (including phenoxy) is 1. The second-order valence-electron chi connectivity index (χ2n) is 5.79. The van der Waals surface area contributed by atoms with Crippen molar-refractivity contribution in [3.63, 3.8) is 0 Å². The molecule has 1 aromatic heterocycles. The smallest absolute Gasteiger partial charge is 0.404 e. The second-order valence-corrected chi connectivity index (χ2v) is 6.23. The first kappa shape index (κ1) is 21.5. The Morgan fingerprint density at radius 2 is 1.63 bits per heavy atom. The molecule has 158 valence electrons. The van der Waals surface area contributed by atoms with Gasteiger partial charge >= 0.3 is 12.5 Å².